The topological polar surface area (TPSA) is 77.0 Å². The average Bonchev–Trinajstić information content (AvgIpc) is 2.50. The van der Waals surface area contributed by atoms with Gasteiger partial charge in [-0.3, -0.25) is 4.79 Å². The minimum Gasteiger partial charge on any atom is -0.364 e. The maximum Gasteiger partial charge on any atom is 0.269 e. The predicted molar refractivity (Wildman–Crippen MR) is 87.2 cm³/mol. The van der Waals surface area contributed by atoms with Gasteiger partial charge in [-0.15, -0.1) is 5.11 Å². The van der Waals surface area contributed by atoms with Crippen molar-refractivity contribution in [3.05, 3.63) is 97.0 Å². The second kappa shape index (κ2) is 11.6. The van der Waals surface area contributed by atoms with Gasteiger partial charge in [-0.05, 0) is 12.2 Å². The molecule has 1 amide bonds. The predicted octanol–water partition coefficient (Wildman–Crippen LogP) is 3.60. The molecule has 1 rings (SSSR count). The normalized spacial score (nSPS) is 25.9. The number of rotatable bonds is 1. The highest BCUT2D eigenvalue weighted by atomic mass is 16.6. The number of nitrogens with zero attached hydrogens (tertiary/aromatic N) is 2. The first-order chi connectivity index (χ1) is 10.8. The number of carbonyl (C=O) groups excluding carboxylic acids is 1. The maximum atomic E-state index is 11.2. The van der Waals surface area contributed by atoms with Gasteiger partial charge in [0.1, 0.15) is 6.26 Å². The van der Waals surface area contributed by atoms with E-state index >= 15 is 0 Å². The zero-order chi connectivity index (χ0) is 15.9. The summed E-state index contributed by atoms with van der Waals surface area (Å²) >= 11 is 0. The summed E-state index contributed by atoms with van der Waals surface area (Å²) in [5, 5.41) is 7.00. The first-order valence-corrected chi connectivity index (χ1v) is 6.54. The molecule has 0 aliphatic carbocycles. The van der Waals surface area contributed by atoms with E-state index in [1.54, 1.807) is 24.3 Å². The van der Waals surface area contributed by atoms with Gasteiger partial charge in [-0.1, -0.05) is 72.9 Å². The molecule has 0 saturated carbocycles. The SMILES string of the molecule is NC(=O)C1=C/C=C/C=C/C=C/C=C\C=C\C=C\C=C/ON=N1. The van der Waals surface area contributed by atoms with Gasteiger partial charge in [-0.25, -0.2) is 0 Å². The smallest absolute Gasteiger partial charge is 0.269 e. The van der Waals surface area contributed by atoms with Crippen molar-refractivity contribution in [1.29, 1.82) is 0 Å². The minimum atomic E-state index is -0.689. The summed E-state index contributed by atoms with van der Waals surface area (Å²) in [4.78, 5) is 15.9. The van der Waals surface area contributed by atoms with Crippen molar-refractivity contribution in [2.24, 2.45) is 16.1 Å². The van der Waals surface area contributed by atoms with Gasteiger partial charge in [0.2, 0.25) is 0 Å². The fourth-order valence-corrected chi connectivity index (χ4v) is 1.19. The zero-order valence-electron chi connectivity index (χ0n) is 11.9. The third kappa shape index (κ3) is 8.82. The van der Waals surface area contributed by atoms with E-state index in [-0.39, 0.29) is 5.70 Å². The Morgan fingerprint density at radius 2 is 1.23 bits per heavy atom. The van der Waals surface area contributed by atoms with Crippen LogP contribution in [0.4, 0.5) is 0 Å². The van der Waals surface area contributed by atoms with Crippen molar-refractivity contribution < 1.29 is 9.63 Å². The molecular formula is C17H17N3O2. The molecule has 2 N–H and O–H groups in total. The van der Waals surface area contributed by atoms with Crippen LogP contribution in [0.5, 0.6) is 0 Å². The first kappa shape index (κ1) is 16.8. The second-order valence-corrected chi connectivity index (χ2v) is 3.84. The van der Waals surface area contributed by atoms with Crippen molar-refractivity contribution in [1.82, 2.24) is 0 Å². The quantitative estimate of drug-likeness (QED) is 0.802. The Kier molecular flexibility index (Phi) is 8.88. The van der Waals surface area contributed by atoms with Gasteiger partial charge in [0, 0.05) is 5.28 Å². The summed E-state index contributed by atoms with van der Waals surface area (Å²) in [7, 11) is 0. The second-order valence-electron chi connectivity index (χ2n) is 3.84. The lowest BCUT2D eigenvalue weighted by Crippen LogP contribution is -2.12. The molecule has 22 heavy (non-hydrogen) atoms. The highest BCUT2D eigenvalue weighted by molar-refractivity contribution is 5.91. The Balaban J connectivity index is 2.86. The highest BCUT2D eigenvalue weighted by Gasteiger charge is 2.00. The Bertz CT molecular complexity index is 616. The van der Waals surface area contributed by atoms with Crippen molar-refractivity contribution in [3.8, 4) is 0 Å². The van der Waals surface area contributed by atoms with E-state index in [0.717, 1.165) is 0 Å². The van der Waals surface area contributed by atoms with E-state index in [0.29, 0.717) is 0 Å². The molecule has 1 aliphatic rings. The van der Waals surface area contributed by atoms with E-state index in [4.69, 9.17) is 10.6 Å². The number of hydrogen-bond acceptors (Lipinski definition) is 4. The van der Waals surface area contributed by atoms with Crippen LogP contribution >= 0.6 is 0 Å². The van der Waals surface area contributed by atoms with Crippen LogP contribution in [0, 0.1) is 0 Å². The van der Waals surface area contributed by atoms with E-state index in [1.807, 2.05) is 54.7 Å². The van der Waals surface area contributed by atoms with Gasteiger partial charge in [0.15, 0.2) is 5.70 Å². The third-order valence-corrected chi connectivity index (χ3v) is 2.18. The molecule has 0 aromatic rings. The molecule has 0 bridgehead atoms. The molecule has 0 aromatic heterocycles. The third-order valence-electron chi connectivity index (χ3n) is 2.18. The number of amides is 1. The van der Waals surface area contributed by atoms with Crippen LogP contribution in [0.3, 0.4) is 0 Å². The van der Waals surface area contributed by atoms with E-state index in [1.165, 1.54) is 12.3 Å². The molecule has 112 valence electrons. The standard InChI is InChI=1S/C17H17N3O2/c18-17(21)16-14-12-10-8-6-4-2-1-3-5-7-9-11-13-15-22-20-19-16/h1-15H,(H2,18,21)/b3-1-,4-2+,7-5+,8-6+,11-9+,12-10+,15-13-,16-14?,20-19?. The van der Waals surface area contributed by atoms with Crippen LogP contribution in [0.2, 0.25) is 0 Å². The lowest BCUT2D eigenvalue weighted by atomic mass is 10.3. The van der Waals surface area contributed by atoms with Crippen LogP contribution in [0.1, 0.15) is 0 Å². The Morgan fingerprint density at radius 3 is 1.73 bits per heavy atom. The van der Waals surface area contributed by atoms with E-state index < -0.39 is 5.91 Å². The molecule has 0 fully saturated rings. The molecule has 5 heteroatoms. The van der Waals surface area contributed by atoms with Crippen molar-refractivity contribution in [3.63, 3.8) is 0 Å². The van der Waals surface area contributed by atoms with Crippen LogP contribution in [-0.4, -0.2) is 5.91 Å². The van der Waals surface area contributed by atoms with Crippen LogP contribution in [-0.2, 0) is 9.63 Å². The monoisotopic (exact) mass is 295 g/mol. The molecule has 1 aliphatic heterocycles. The summed E-state index contributed by atoms with van der Waals surface area (Å²) < 4.78 is 0. The molecule has 1 heterocycles. The molecule has 0 unspecified atom stereocenters. The molecule has 0 radical (unpaired) electrons. The largest absolute Gasteiger partial charge is 0.364 e. The Morgan fingerprint density at radius 1 is 0.773 bits per heavy atom. The summed E-state index contributed by atoms with van der Waals surface area (Å²) in [6, 6.07) is 0. The summed E-state index contributed by atoms with van der Waals surface area (Å²) in [6.07, 6.45) is 26.4. The fraction of sp³-hybridized carbons (Fsp3) is 0. The Labute approximate surface area is 129 Å². The van der Waals surface area contributed by atoms with Crippen LogP contribution in [0.15, 0.2) is 107 Å². The summed E-state index contributed by atoms with van der Waals surface area (Å²) in [5.74, 6) is -0.689. The van der Waals surface area contributed by atoms with Crippen LogP contribution in [0.25, 0.3) is 0 Å². The average molecular weight is 295 g/mol. The van der Waals surface area contributed by atoms with Crippen LogP contribution < -0.4 is 5.73 Å². The molecular weight excluding hydrogens is 278 g/mol. The Hall–Kier alpha value is -3.21. The fourth-order valence-electron chi connectivity index (χ4n) is 1.19. The summed E-state index contributed by atoms with van der Waals surface area (Å²) in [5.41, 5.74) is 5.17. The first-order valence-electron chi connectivity index (χ1n) is 6.54. The van der Waals surface area contributed by atoms with Gasteiger partial charge in [0.25, 0.3) is 5.91 Å². The lowest BCUT2D eigenvalue weighted by molar-refractivity contribution is -0.114. The van der Waals surface area contributed by atoms with E-state index in [2.05, 4.69) is 10.4 Å². The van der Waals surface area contributed by atoms with Gasteiger partial charge >= 0.3 is 0 Å². The number of allylic oxidation sites excluding steroid dienone is 14. The summed E-state index contributed by atoms with van der Waals surface area (Å²) in [6.45, 7) is 0. The number of nitrogens with two attached hydrogens (primary N) is 1. The molecule has 0 saturated heterocycles. The van der Waals surface area contributed by atoms with Gasteiger partial charge in [0.05, 0.1) is 0 Å². The maximum absolute atomic E-state index is 11.2. The minimum absolute atomic E-state index is 0.00656. The molecule has 5 nitrogen and oxygen atoms in total. The van der Waals surface area contributed by atoms with Crippen molar-refractivity contribution in [2.45, 2.75) is 0 Å². The molecule has 0 atom stereocenters. The zero-order valence-corrected chi connectivity index (χ0v) is 11.9. The van der Waals surface area contributed by atoms with Gasteiger partial charge in [-0.2, -0.15) is 0 Å². The number of hydrogen-bond donors (Lipinski definition) is 1. The van der Waals surface area contributed by atoms with Gasteiger partial charge < -0.3 is 10.6 Å². The highest BCUT2D eigenvalue weighted by Crippen LogP contribution is 1.99. The number of carbonyl (C=O) groups is 1. The van der Waals surface area contributed by atoms with Crippen molar-refractivity contribution in [2.75, 3.05) is 0 Å². The van der Waals surface area contributed by atoms with Crippen molar-refractivity contribution >= 4 is 5.91 Å². The molecule has 0 aromatic carbocycles. The lowest BCUT2D eigenvalue weighted by Gasteiger charge is -1.91. The number of primary amides is 1. The molecule has 0 spiro atoms. The van der Waals surface area contributed by atoms with E-state index in [9.17, 15) is 4.79 Å².